The third-order valence-corrected chi connectivity index (χ3v) is 5.28. The molecule has 1 amide bonds. The van der Waals surface area contributed by atoms with Gasteiger partial charge in [-0.25, -0.2) is 14.4 Å². The zero-order valence-electron chi connectivity index (χ0n) is 17.5. The molecule has 5 nitrogen and oxygen atoms in total. The van der Waals surface area contributed by atoms with Crippen molar-refractivity contribution in [3.05, 3.63) is 90.0 Å². The summed E-state index contributed by atoms with van der Waals surface area (Å²) in [5.41, 5.74) is 4.04. The Labute approximate surface area is 180 Å². The maximum atomic E-state index is 14.5. The molecule has 156 valence electrons. The second kappa shape index (κ2) is 8.92. The van der Waals surface area contributed by atoms with Crippen molar-refractivity contribution >= 4 is 22.6 Å². The Morgan fingerprint density at radius 1 is 1.00 bits per heavy atom. The van der Waals surface area contributed by atoms with Crippen LogP contribution in [0.4, 0.5) is 10.2 Å². The standard InChI is InChI=1S/C25H23FN4O/c1-27-25-21-14-19(9-11-23(21)28-16-29-25)18-8-10-22(26)20(13-18)15-30(2)24(31)12-17-6-4-3-5-7-17/h3-11,13-14,16H,12,15H2,1-2H3,(H,27,28,29). The van der Waals surface area contributed by atoms with Gasteiger partial charge in [0.25, 0.3) is 0 Å². The van der Waals surface area contributed by atoms with Crippen molar-refractivity contribution in [1.29, 1.82) is 0 Å². The third-order valence-electron chi connectivity index (χ3n) is 5.28. The van der Waals surface area contributed by atoms with Gasteiger partial charge in [0.05, 0.1) is 11.9 Å². The van der Waals surface area contributed by atoms with Crippen molar-refractivity contribution in [2.45, 2.75) is 13.0 Å². The molecule has 31 heavy (non-hydrogen) atoms. The lowest BCUT2D eigenvalue weighted by molar-refractivity contribution is -0.129. The zero-order valence-corrected chi connectivity index (χ0v) is 17.5. The first-order chi connectivity index (χ1) is 15.0. The number of halogens is 1. The fourth-order valence-corrected chi connectivity index (χ4v) is 3.56. The molecule has 4 aromatic rings. The van der Waals surface area contributed by atoms with Gasteiger partial charge in [0.2, 0.25) is 5.91 Å². The lowest BCUT2D eigenvalue weighted by atomic mass is 10.0. The van der Waals surface area contributed by atoms with Gasteiger partial charge in [-0.1, -0.05) is 42.5 Å². The highest BCUT2D eigenvalue weighted by Gasteiger charge is 2.14. The molecule has 0 spiro atoms. The SMILES string of the molecule is CNc1ncnc2ccc(-c3ccc(F)c(CN(C)C(=O)Cc4ccccc4)c3)cc12. The van der Waals surface area contributed by atoms with E-state index in [2.05, 4.69) is 15.3 Å². The van der Waals surface area contributed by atoms with Crippen LogP contribution in [0.3, 0.4) is 0 Å². The zero-order chi connectivity index (χ0) is 21.8. The van der Waals surface area contributed by atoms with Crippen LogP contribution in [0.1, 0.15) is 11.1 Å². The second-order valence-electron chi connectivity index (χ2n) is 7.42. The van der Waals surface area contributed by atoms with Crippen molar-refractivity contribution in [3.8, 4) is 11.1 Å². The summed E-state index contributed by atoms with van der Waals surface area (Å²) in [4.78, 5) is 22.7. The molecule has 0 radical (unpaired) electrons. The Bertz CT molecular complexity index is 1230. The van der Waals surface area contributed by atoms with E-state index in [0.717, 1.165) is 33.4 Å². The van der Waals surface area contributed by atoms with Gasteiger partial charge in [-0.3, -0.25) is 4.79 Å². The number of likely N-dealkylation sites (N-methyl/N-ethyl adjacent to an activating group) is 1. The van der Waals surface area contributed by atoms with E-state index in [1.807, 2.05) is 55.6 Å². The number of anilines is 1. The molecule has 0 saturated heterocycles. The molecule has 0 unspecified atom stereocenters. The maximum absolute atomic E-state index is 14.5. The van der Waals surface area contributed by atoms with E-state index in [4.69, 9.17) is 0 Å². The molecule has 0 bridgehead atoms. The van der Waals surface area contributed by atoms with Crippen LogP contribution in [0, 0.1) is 5.82 Å². The number of nitrogens with one attached hydrogen (secondary N) is 1. The lowest BCUT2D eigenvalue weighted by Crippen LogP contribution is -2.28. The van der Waals surface area contributed by atoms with Gasteiger partial charge in [0.1, 0.15) is 18.0 Å². The molecule has 0 aliphatic heterocycles. The summed E-state index contributed by atoms with van der Waals surface area (Å²) in [6.45, 7) is 0.198. The summed E-state index contributed by atoms with van der Waals surface area (Å²) in [6.07, 6.45) is 1.81. The van der Waals surface area contributed by atoms with Crippen molar-refractivity contribution in [1.82, 2.24) is 14.9 Å². The van der Waals surface area contributed by atoms with E-state index in [-0.39, 0.29) is 24.7 Å². The number of carbonyl (C=O) groups excluding carboxylic acids is 1. The number of amides is 1. The van der Waals surface area contributed by atoms with Gasteiger partial charge in [0, 0.05) is 31.6 Å². The van der Waals surface area contributed by atoms with Crippen molar-refractivity contribution in [2.75, 3.05) is 19.4 Å². The van der Waals surface area contributed by atoms with Crippen LogP contribution in [-0.4, -0.2) is 34.9 Å². The molecule has 1 N–H and O–H groups in total. The van der Waals surface area contributed by atoms with Gasteiger partial charge in [-0.05, 0) is 41.0 Å². The van der Waals surface area contributed by atoms with Crippen LogP contribution >= 0.6 is 0 Å². The number of benzene rings is 3. The number of hydrogen-bond acceptors (Lipinski definition) is 4. The third kappa shape index (κ3) is 4.53. The van der Waals surface area contributed by atoms with Crippen molar-refractivity contribution in [3.63, 3.8) is 0 Å². The van der Waals surface area contributed by atoms with Gasteiger partial charge in [-0.2, -0.15) is 0 Å². The average molecular weight is 414 g/mol. The predicted molar refractivity (Wildman–Crippen MR) is 121 cm³/mol. The molecule has 3 aromatic carbocycles. The minimum atomic E-state index is -0.330. The molecular formula is C25H23FN4O. The number of fused-ring (bicyclic) bond motifs is 1. The minimum absolute atomic E-state index is 0.0579. The van der Waals surface area contributed by atoms with Gasteiger partial charge in [-0.15, -0.1) is 0 Å². The first kappa shape index (κ1) is 20.5. The van der Waals surface area contributed by atoms with Gasteiger partial charge >= 0.3 is 0 Å². The Hall–Kier alpha value is -3.80. The molecule has 0 atom stereocenters. The normalized spacial score (nSPS) is 10.8. The molecule has 0 saturated carbocycles. The second-order valence-corrected chi connectivity index (χ2v) is 7.42. The van der Waals surface area contributed by atoms with Gasteiger partial charge in [0.15, 0.2) is 0 Å². The summed E-state index contributed by atoms with van der Waals surface area (Å²) in [5.74, 6) is 0.348. The molecule has 0 aliphatic carbocycles. The Morgan fingerprint density at radius 2 is 1.74 bits per heavy atom. The lowest BCUT2D eigenvalue weighted by Gasteiger charge is -2.18. The summed E-state index contributed by atoms with van der Waals surface area (Å²) >= 11 is 0. The quantitative estimate of drug-likeness (QED) is 0.498. The Balaban J connectivity index is 1.58. The predicted octanol–water partition coefficient (Wildman–Crippen LogP) is 4.68. The largest absolute Gasteiger partial charge is 0.373 e. The minimum Gasteiger partial charge on any atom is -0.373 e. The summed E-state index contributed by atoms with van der Waals surface area (Å²) < 4.78 is 14.5. The van der Waals surface area contributed by atoms with Crippen LogP contribution in [0.15, 0.2) is 73.1 Å². The number of aromatic nitrogens is 2. The van der Waals surface area contributed by atoms with Crippen molar-refractivity contribution < 1.29 is 9.18 Å². The molecule has 1 heterocycles. The van der Waals surface area contributed by atoms with E-state index in [9.17, 15) is 9.18 Å². The first-order valence-electron chi connectivity index (χ1n) is 10.0. The van der Waals surface area contributed by atoms with Gasteiger partial charge < -0.3 is 10.2 Å². The molecule has 0 fully saturated rings. The van der Waals surface area contributed by atoms with Crippen LogP contribution in [-0.2, 0) is 17.8 Å². The number of rotatable bonds is 6. The first-order valence-corrected chi connectivity index (χ1v) is 10.0. The van der Waals surface area contributed by atoms with Crippen LogP contribution in [0.5, 0.6) is 0 Å². The highest BCUT2D eigenvalue weighted by Crippen LogP contribution is 2.28. The monoisotopic (exact) mass is 414 g/mol. The fraction of sp³-hybridized carbons (Fsp3) is 0.160. The van der Waals surface area contributed by atoms with E-state index in [1.54, 1.807) is 24.1 Å². The number of nitrogens with zero attached hydrogens (tertiary/aromatic N) is 3. The summed E-state index contributed by atoms with van der Waals surface area (Å²) in [7, 11) is 3.51. The topological polar surface area (TPSA) is 58.1 Å². The average Bonchev–Trinajstić information content (AvgIpc) is 2.80. The van der Waals surface area contributed by atoms with Crippen LogP contribution in [0.25, 0.3) is 22.0 Å². The van der Waals surface area contributed by atoms with E-state index in [1.165, 1.54) is 12.4 Å². The van der Waals surface area contributed by atoms with Crippen molar-refractivity contribution in [2.24, 2.45) is 0 Å². The highest BCUT2D eigenvalue weighted by molar-refractivity contribution is 5.92. The molecule has 4 rings (SSSR count). The molecule has 6 heteroatoms. The summed E-state index contributed by atoms with van der Waals surface area (Å²) in [6, 6.07) is 20.4. The molecule has 1 aromatic heterocycles. The molecule has 0 aliphatic rings. The maximum Gasteiger partial charge on any atom is 0.227 e. The number of hydrogen-bond donors (Lipinski definition) is 1. The smallest absolute Gasteiger partial charge is 0.227 e. The van der Waals surface area contributed by atoms with E-state index < -0.39 is 0 Å². The summed E-state index contributed by atoms with van der Waals surface area (Å²) in [5, 5.41) is 3.96. The molecular weight excluding hydrogens is 391 g/mol. The number of carbonyl (C=O) groups is 1. The van der Waals surface area contributed by atoms with E-state index in [0.29, 0.717) is 5.56 Å². The Morgan fingerprint density at radius 3 is 2.52 bits per heavy atom. The van der Waals surface area contributed by atoms with E-state index >= 15 is 0 Å². The highest BCUT2D eigenvalue weighted by atomic mass is 19.1. The Kier molecular flexibility index (Phi) is 5.89. The van der Waals surface area contributed by atoms with Crippen LogP contribution < -0.4 is 5.32 Å². The fourth-order valence-electron chi connectivity index (χ4n) is 3.56. The van der Waals surface area contributed by atoms with Crippen LogP contribution in [0.2, 0.25) is 0 Å².